The van der Waals surface area contributed by atoms with E-state index in [0.29, 0.717) is 11.3 Å². The number of aliphatic hydroxyl groups excluding tert-OH is 1. The second-order valence-electron chi connectivity index (χ2n) is 5.21. The van der Waals surface area contributed by atoms with Crippen LogP contribution in [0.1, 0.15) is 26.3 Å². The molecule has 0 heterocycles. The zero-order valence-electron chi connectivity index (χ0n) is 13.6. The number of aliphatic hydroxyl groups is 1. The lowest BCUT2D eigenvalue weighted by molar-refractivity contribution is -0.148. The Bertz CT molecular complexity index is 512. The van der Waals surface area contributed by atoms with Gasteiger partial charge in [0.15, 0.2) is 0 Å². The van der Waals surface area contributed by atoms with Crippen molar-refractivity contribution in [2.24, 2.45) is 0 Å². The van der Waals surface area contributed by atoms with Crippen molar-refractivity contribution in [1.29, 1.82) is 0 Å². The first-order valence-corrected chi connectivity index (χ1v) is 8.11. The van der Waals surface area contributed by atoms with Gasteiger partial charge in [0.1, 0.15) is 10.5 Å². The van der Waals surface area contributed by atoms with E-state index in [1.165, 1.54) is 11.8 Å². The summed E-state index contributed by atoms with van der Waals surface area (Å²) in [5.41, 5.74) is 1.58. The van der Waals surface area contributed by atoms with Gasteiger partial charge in [0, 0.05) is 5.75 Å². The highest BCUT2D eigenvalue weighted by Crippen LogP contribution is 2.35. The molecular weight excluding hydrogens is 300 g/mol. The number of esters is 1. The number of benzene rings is 1. The van der Waals surface area contributed by atoms with Gasteiger partial charge in [-0.05, 0) is 38.5 Å². The highest BCUT2D eigenvalue weighted by Gasteiger charge is 2.43. The molecule has 0 aromatic heterocycles. The van der Waals surface area contributed by atoms with Crippen molar-refractivity contribution in [2.45, 2.75) is 37.4 Å². The Kier molecular flexibility index (Phi) is 6.97. The van der Waals surface area contributed by atoms with Crippen LogP contribution < -0.4 is 4.74 Å². The van der Waals surface area contributed by atoms with E-state index in [4.69, 9.17) is 9.47 Å². The Morgan fingerprint density at radius 1 is 1.41 bits per heavy atom. The largest absolute Gasteiger partial charge is 0.497 e. The molecule has 1 rings (SSSR count). The van der Waals surface area contributed by atoms with Crippen LogP contribution in [0.2, 0.25) is 0 Å². The third-order valence-corrected chi connectivity index (χ3v) is 4.83. The van der Waals surface area contributed by atoms with Gasteiger partial charge >= 0.3 is 5.97 Å². The van der Waals surface area contributed by atoms with Crippen LogP contribution in [0.4, 0.5) is 0 Å². The first-order chi connectivity index (χ1) is 10.3. The number of rotatable bonds is 8. The minimum Gasteiger partial charge on any atom is -0.497 e. The molecule has 0 saturated heterocycles. The average Bonchev–Trinajstić information content (AvgIpc) is 2.52. The van der Waals surface area contributed by atoms with Crippen LogP contribution in [0, 0.1) is 0 Å². The third kappa shape index (κ3) is 4.52. The maximum Gasteiger partial charge on any atom is 0.324 e. The smallest absolute Gasteiger partial charge is 0.324 e. The molecule has 4 nitrogen and oxygen atoms in total. The Morgan fingerprint density at radius 3 is 2.45 bits per heavy atom. The first kappa shape index (κ1) is 18.6. The van der Waals surface area contributed by atoms with E-state index in [1.807, 2.05) is 24.3 Å². The second-order valence-corrected chi connectivity index (χ2v) is 6.64. The van der Waals surface area contributed by atoms with E-state index in [2.05, 4.69) is 6.58 Å². The summed E-state index contributed by atoms with van der Waals surface area (Å²) in [6.07, 6.45) is -0.963. The molecule has 0 spiro atoms. The van der Waals surface area contributed by atoms with Crippen molar-refractivity contribution in [1.82, 2.24) is 0 Å². The lowest BCUT2D eigenvalue weighted by Crippen LogP contribution is -2.45. The molecule has 0 bridgehead atoms. The van der Waals surface area contributed by atoms with Gasteiger partial charge in [-0.15, -0.1) is 11.8 Å². The van der Waals surface area contributed by atoms with Crippen molar-refractivity contribution in [3.05, 3.63) is 42.0 Å². The van der Waals surface area contributed by atoms with E-state index in [0.717, 1.165) is 11.3 Å². The maximum atomic E-state index is 12.3. The van der Waals surface area contributed by atoms with Gasteiger partial charge in [0.05, 0.1) is 19.8 Å². The summed E-state index contributed by atoms with van der Waals surface area (Å²) in [7, 11) is 1.62. The minimum absolute atomic E-state index is 0.278. The Labute approximate surface area is 136 Å². The molecule has 1 aromatic carbocycles. The number of hydrogen-bond donors (Lipinski definition) is 1. The molecular formula is C17H24O4S. The molecule has 1 aromatic rings. The van der Waals surface area contributed by atoms with Crippen molar-refractivity contribution >= 4 is 17.7 Å². The number of carbonyl (C=O) groups is 1. The van der Waals surface area contributed by atoms with Gasteiger partial charge in [0.25, 0.3) is 0 Å². The fraction of sp³-hybridized carbons (Fsp3) is 0.471. The molecule has 22 heavy (non-hydrogen) atoms. The molecule has 2 atom stereocenters. The first-order valence-electron chi connectivity index (χ1n) is 7.12. The summed E-state index contributed by atoms with van der Waals surface area (Å²) >= 11 is 1.35. The quantitative estimate of drug-likeness (QED) is 0.588. The normalized spacial score (nSPS) is 14.8. The van der Waals surface area contributed by atoms with Crippen molar-refractivity contribution < 1.29 is 19.4 Å². The highest BCUT2D eigenvalue weighted by molar-refractivity contribution is 8.00. The average molecular weight is 324 g/mol. The number of carbonyl (C=O) groups excluding carboxylic acids is 1. The van der Waals surface area contributed by atoms with Gasteiger partial charge in [-0.1, -0.05) is 24.3 Å². The topological polar surface area (TPSA) is 55.8 Å². The fourth-order valence-electron chi connectivity index (χ4n) is 1.95. The molecule has 122 valence electrons. The predicted molar refractivity (Wildman–Crippen MR) is 90.1 cm³/mol. The number of methoxy groups -OCH3 is 1. The van der Waals surface area contributed by atoms with E-state index in [9.17, 15) is 9.90 Å². The molecule has 1 unspecified atom stereocenters. The number of thioether (sulfide) groups is 1. The van der Waals surface area contributed by atoms with E-state index in [1.54, 1.807) is 27.9 Å². The molecule has 5 heteroatoms. The van der Waals surface area contributed by atoms with Crippen molar-refractivity contribution in [3.63, 3.8) is 0 Å². The zero-order chi connectivity index (χ0) is 16.8. The summed E-state index contributed by atoms with van der Waals surface area (Å²) in [5.74, 6) is 0.928. The molecule has 0 saturated carbocycles. The molecule has 0 aliphatic carbocycles. The molecule has 0 amide bonds. The number of hydrogen-bond acceptors (Lipinski definition) is 5. The Balaban J connectivity index is 2.88. The van der Waals surface area contributed by atoms with Gasteiger partial charge in [-0.3, -0.25) is 4.79 Å². The fourth-order valence-corrected chi connectivity index (χ4v) is 3.14. The molecule has 0 fully saturated rings. The predicted octanol–water partition coefficient (Wildman–Crippen LogP) is 3.19. The lowest BCUT2D eigenvalue weighted by Gasteiger charge is -2.32. The molecule has 0 aliphatic heterocycles. The van der Waals surface area contributed by atoms with Crippen molar-refractivity contribution in [3.8, 4) is 5.75 Å². The minimum atomic E-state index is -1.08. The van der Waals surface area contributed by atoms with Crippen LogP contribution in [0.3, 0.4) is 0 Å². The Hall–Kier alpha value is -1.46. The summed E-state index contributed by atoms with van der Waals surface area (Å²) in [5, 5.41) is 10.4. The summed E-state index contributed by atoms with van der Waals surface area (Å²) in [6, 6.07) is 7.61. The second kappa shape index (κ2) is 8.25. The molecule has 1 N–H and O–H groups in total. The SMILES string of the molecule is C=C(C)C(O)[C@](C)(SCc1ccc(OC)cc1)C(=O)OCC. The van der Waals surface area contributed by atoms with E-state index < -0.39 is 16.8 Å². The summed E-state index contributed by atoms with van der Waals surface area (Å²) in [6.45, 7) is 9.18. The van der Waals surface area contributed by atoms with Gasteiger partial charge in [-0.25, -0.2) is 0 Å². The van der Waals surface area contributed by atoms with Crippen LogP contribution in [-0.2, 0) is 15.3 Å². The third-order valence-electron chi connectivity index (χ3n) is 3.37. The zero-order valence-corrected chi connectivity index (χ0v) is 14.4. The summed E-state index contributed by atoms with van der Waals surface area (Å²) in [4.78, 5) is 12.3. The molecule has 0 radical (unpaired) electrons. The highest BCUT2D eigenvalue weighted by atomic mass is 32.2. The van der Waals surface area contributed by atoms with E-state index in [-0.39, 0.29) is 6.61 Å². The van der Waals surface area contributed by atoms with E-state index >= 15 is 0 Å². The van der Waals surface area contributed by atoms with Crippen LogP contribution in [0.25, 0.3) is 0 Å². The Morgan fingerprint density at radius 2 is 2.00 bits per heavy atom. The monoisotopic (exact) mass is 324 g/mol. The van der Waals surface area contributed by atoms with Crippen LogP contribution in [-0.4, -0.2) is 35.6 Å². The van der Waals surface area contributed by atoms with Crippen LogP contribution >= 0.6 is 11.8 Å². The van der Waals surface area contributed by atoms with Gasteiger partial charge in [0.2, 0.25) is 0 Å². The standard InChI is InChI=1S/C17H24O4S/c1-6-21-16(19)17(4,15(18)12(2)3)22-11-13-7-9-14(20-5)10-8-13/h7-10,15,18H,2,6,11H2,1,3-5H3/t15?,17-/m0/s1. The van der Waals surface area contributed by atoms with Gasteiger partial charge < -0.3 is 14.6 Å². The van der Waals surface area contributed by atoms with Crippen LogP contribution in [0.15, 0.2) is 36.4 Å². The van der Waals surface area contributed by atoms with Gasteiger partial charge in [-0.2, -0.15) is 0 Å². The number of ether oxygens (including phenoxy) is 2. The summed E-state index contributed by atoms with van der Waals surface area (Å²) < 4.78 is 9.16. The molecule has 0 aliphatic rings. The van der Waals surface area contributed by atoms with Crippen LogP contribution in [0.5, 0.6) is 5.75 Å². The maximum absolute atomic E-state index is 12.3. The van der Waals surface area contributed by atoms with Crippen molar-refractivity contribution in [2.75, 3.05) is 13.7 Å². The lowest BCUT2D eigenvalue weighted by atomic mass is 9.98.